The fourth-order valence-corrected chi connectivity index (χ4v) is 4.82. The zero-order valence-electron chi connectivity index (χ0n) is 19.4. The molecular formula is C29H38. The summed E-state index contributed by atoms with van der Waals surface area (Å²) >= 11 is 0. The molecule has 0 nitrogen and oxygen atoms in total. The first-order valence-corrected chi connectivity index (χ1v) is 11.7. The molecule has 0 fully saturated rings. The Bertz CT molecular complexity index is 957. The summed E-state index contributed by atoms with van der Waals surface area (Å²) in [5, 5.41) is 5.81. The van der Waals surface area contributed by atoms with Crippen LogP contribution >= 0.6 is 0 Å². The standard InChI is InChI=1S/C29H38/c1-28(2,3)24-15-20-12-10-8-7-9-11-13-21-16-25(29(4,5)6)18-23-14-22(17-24)26(20)19-27(21)23/h14-19H,7-13H2,1-6H3. The normalized spacial score (nSPS) is 16.3. The van der Waals surface area contributed by atoms with Crippen molar-refractivity contribution in [2.24, 2.45) is 0 Å². The van der Waals surface area contributed by atoms with Gasteiger partial charge < -0.3 is 0 Å². The SMILES string of the molecule is CC(C)(C)c1cc2c3cc4c(cc(C(C)(C)C)cc4cc3c1)CCCCCCC2. The lowest BCUT2D eigenvalue weighted by Crippen LogP contribution is -2.12. The van der Waals surface area contributed by atoms with Crippen molar-refractivity contribution in [2.75, 3.05) is 0 Å². The number of benzene rings is 3. The summed E-state index contributed by atoms with van der Waals surface area (Å²) in [5.41, 5.74) is 6.42. The zero-order chi connectivity index (χ0) is 20.8. The second kappa shape index (κ2) is 7.46. The Morgan fingerprint density at radius 2 is 0.897 bits per heavy atom. The van der Waals surface area contributed by atoms with Gasteiger partial charge in [0.2, 0.25) is 0 Å². The van der Waals surface area contributed by atoms with E-state index in [0.717, 1.165) is 0 Å². The second-order valence-corrected chi connectivity index (χ2v) is 11.3. The van der Waals surface area contributed by atoms with Crippen molar-refractivity contribution < 1.29 is 0 Å². The van der Waals surface area contributed by atoms with Crippen molar-refractivity contribution in [3.05, 3.63) is 58.7 Å². The second-order valence-electron chi connectivity index (χ2n) is 11.3. The third-order valence-corrected chi connectivity index (χ3v) is 6.82. The highest BCUT2D eigenvalue weighted by atomic mass is 14.2. The number of hydrogen-bond donors (Lipinski definition) is 0. The highest BCUT2D eigenvalue weighted by Gasteiger charge is 2.19. The molecule has 0 amide bonds. The van der Waals surface area contributed by atoms with Crippen LogP contribution in [0.3, 0.4) is 0 Å². The molecule has 0 heteroatoms. The van der Waals surface area contributed by atoms with Gasteiger partial charge >= 0.3 is 0 Å². The molecule has 2 bridgehead atoms. The summed E-state index contributed by atoms with van der Waals surface area (Å²) in [6, 6.07) is 14.9. The van der Waals surface area contributed by atoms with Gasteiger partial charge in [0.1, 0.15) is 0 Å². The molecule has 0 spiro atoms. The molecule has 4 rings (SSSR count). The summed E-state index contributed by atoms with van der Waals surface area (Å²) < 4.78 is 0. The molecule has 29 heavy (non-hydrogen) atoms. The minimum Gasteiger partial charge on any atom is -0.0561 e. The predicted octanol–water partition coefficient (Wildman–Crippen LogP) is 8.64. The molecule has 0 aromatic heterocycles. The van der Waals surface area contributed by atoms with Gasteiger partial charge in [-0.2, -0.15) is 0 Å². The van der Waals surface area contributed by atoms with Crippen molar-refractivity contribution >= 4 is 21.5 Å². The molecular weight excluding hydrogens is 348 g/mol. The van der Waals surface area contributed by atoms with Crippen molar-refractivity contribution in [1.29, 1.82) is 0 Å². The monoisotopic (exact) mass is 386 g/mol. The molecule has 154 valence electrons. The van der Waals surface area contributed by atoms with Crippen LogP contribution in [-0.2, 0) is 23.7 Å². The van der Waals surface area contributed by atoms with Gasteiger partial charge in [0.05, 0.1) is 0 Å². The zero-order valence-corrected chi connectivity index (χ0v) is 19.4. The Morgan fingerprint density at radius 3 is 1.31 bits per heavy atom. The number of hydrogen-bond acceptors (Lipinski definition) is 0. The summed E-state index contributed by atoms with van der Waals surface area (Å²) in [7, 11) is 0. The Kier molecular flexibility index (Phi) is 5.26. The summed E-state index contributed by atoms with van der Waals surface area (Å²) in [4.78, 5) is 0. The fourth-order valence-electron chi connectivity index (χ4n) is 4.82. The van der Waals surface area contributed by atoms with E-state index in [2.05, 4.69) is 77.9 Å². The van der Waals surface area contributed by atoms with E-state index < -0.39 is 0 Å². The van der Waals surface area contributed by atoms with E-state index in [0.29, 0.717) is 0 Å². The molecule has 0 unspecified atom stereocenters. The number of aryl methyl sites for hydroxylation is 2. The van der Waals surface area contributed by atoms with Gasteiger partial charge in [0, 0.05) is 0 Å². The van der Waals surface area contributed by atoms with E-state index in [9.17, 15) is 0 Å². The average Bonchev–Trinajstić information content (AvgIpc) is 2.62. The molecule has 3 aromatic carbocycles. The minimum absolute atomic E-state index is 0.182. The first-order chi connectivity index (χ1) is 13.6. The van der Waals surface area contributed by atoms with Crippen molar-refractivity contribution in [1.82, 2.24) is 0 Å². The lowest BCUT2D eigenvalue weighted by atomic mass is 9.81. The van der Waals surface area contributed by atoms with Crippen LogP contribution in [0.1, 0.15) is 95.9 Å². The van der Waals surface area contributed by atoms with Crippen molar-refractivity contribution in [3.63, 3.8) is 0 Å². The van der Waals surface area contributed by atoms with Gasteiger partial charge in [0.25, 0.3) is 0 Å². The van der Waals surface area contributed by atoms with Crippen LogP contribution < -0.4 is 0 Å². The van der Waals surface area contributed by atoms with Gasteiger partial charge in [-0.3, -0.25) is 0 Å². The smallest absolute Gasteiger partial charge is 0.0132 e. The quantitative estimate of drug-likeness (QED) is 0.339. The van der Waals surface area contributed by atoms with Crippen LogP contribution in [0.4, 0.5) is 0 Å². The first-order valence-electron chi connectivity index (χ1n) is 11.7. The van der Waals surface area contributed by atoms with Crippen LogP contribution in [0.2, 0.25) is 0 Å². The molecule has 0 heterocycles. The molecule has 3 aromatic rings. The van der Waals surface area contributed by atoms with E-state index in [1.807, 2.05) is 0 Å². The highest BCUT2D eigenvalue weighted by Crippen LogP contribution is 2.36. The fraction of sp³-hybridized carbons (Fsp3) is 0.517. The topological polar surface area (TPSA) is 0 Å². The molecule has 0 saturated carbocycles. The maximum absolute atomic E-state index is 2.52. The van der Waals surface area contributed by atoms with Crippen molar-refractivity contribution in [2.45, 2.75) is 97.3 Å². The maximum atomic E-state index is 2.52. The van der Waals surface area contributed by atoms with Gasteiger partial charge in [-0.05, 0) is 92.4 Å². The predicted molar refractivity (Wildman–Crippen MR) is 129 cm³/mol. The van der Waals surface area contributed by atoms with E-state index >= 15 is 0 Å². The van der Waals surface area contributed by atoms with Crippen molar-refractivity contribution in [3.8, 4) is 0 Å². The van der Waals surface area contributed by atoms with Crippen LogP contribution in [0.5, 0.6) is 0 Å². The van der Waals surface area contributed by atoms with Gasteiger partial charge in [-0.15, -0.1) is 0 Å². The number of rotatable bonds is 0. The molecule has 0 saturated heterocycles. The Morgan fingerprint density at radius 1 is 0.483 bits per heavy atom. The molecule has 0 atom stereocenters. The van der Waals surface area contributed by atoms with E-state index in [1.165, 1.54) is 77.6 Å². The Balaban J connectivity index is 2.04. The third-order valence-electron chi connectivity index (χ3n) is 6.82. The highest BCUT2D eigenvalue weighted by molar-refractivity contribution is 6.01. The maximum Gasteiger partial charge on any atom is -0.0132 e. The average molecular weight is 387 g/mol. The lowest BCUT2D eigenvalue weighted by molar-refractivity contribution is 0.586. The summed E-state index contributed by atoms with van der Waals surface area (Å²) in [5.74, 6) is 0. The van der Waals surface area contributed by atoms with Crippen LogP contribution in [0.15, 0.2) is 36.4 Å². The van der Waals surface area contributed by atoms with E-state index in [4.69, 9.17) is 0 Å². The minimum atomic E-state index is 0.182. The molecule has 0 N–H and O–H groups in total. The van der Waals surface area contributed by atoms with Gasteiger partial charge in [-0.25, -0.2) is 0 Å². The molecule has 0 aliphatic heterocycles. The van der Waals surface area contributed by atoms with Crippen LogP contribution in [-0.4, -0.2) is 0 Å². The van der Waals surface area contributed by atoms with Gasteiger partial charge in [-0.1, -0.05) is 85.1 Å². The van der Waals surface area contributed by atoms with Crippen LogP contribution in [0, 0.1) is 0 Å². The Labute approximate surface area is 177 Å². The molecule has 1 aliphatic carbocycles. The molecule has 1 aliphatic rings. The molecule has 0 radical (unpaired) electrons. The third kappa shape index (κ3) is 4.23. The van der Waals surface area contributed by atoms with Crippen LogP contribution in [0.25, 0.3) is 21.5 Å². The van der Waals surface area contributed by atoms with E-state index in [1.54, 1.807) is 11.1 Å². The van der Waals surface area contributed by atoms with E-state index in [-0.39, 0.29) is 10.8 Å². The summed E-state index contributed by atoms with van der Waals surface area (Å²) in [6.45, 7) is 14.0. The van der Waals surface area contributed by atoms with Gasteiger partial charge in [0.15, 0.2) is 0 Å². The lowest BCUT2D eigenvalue weighted by Gasteiger charge is -2.24. The summed E-state index contributed by atoms with van der Waals surface area (Å²) in [6.07, 6.45) is 9.14. The Hall–Kier alpha value is -1.82. The largest absolute Gasteiger partial charge is 0.0561 e. The first kappa shape index (κ1) is 20.5.